The van der Waals surface area contributed by atoms with Crippen molar-refractivity contribution in [3.05, 3.63) is 72.4 Å². The summed E-state index contributed by atoms with van der Waals surface area (Å²) in [4.78, 5) is 40.2. The largest absolute Gasteiger partial charge is 0.451 e. The summed E-state index contributed by atoms with van der Waals surface area (Å²) >= 11 is 0. The van der Waals surface area contributed by atoms with Crippen LogP contribution in [0.15, 0.2) is 66.7 Å². The molecule has 1 aliphatic heterocycles. The first kappa shape index (κ1) is 21.3. The molecule has 0 spiro atoms. The van der Waals surface area contributed by atoms with E-state index < -0.39 is 5.97 Å². The lowest BCUT2D eigenvalue weighted by molar-refractivity contribution is -0.140. The van der Waals surface area contributed by atoms with Crippen LogP contribution in [0.3, 0.4) is 0 Å². The number of benzene rings is 2. The van der Waals surface area contributed by atoms with Crippen LogP contribution in [0.1, 0.15) is 17.4 Å². The number of rotatable bonds is 5. The second kappa shape index (κ2) is 9.47. The standard InChI is InChI=1S/C24H24N4O4/c1-18(29)26-12-14-27(15-13-26)23(30)17-32-24(31)22-16-21(19-8-4-2-5-9-19)25-28(22)20-10-6-3-7-11-20/h2-11,16H,12-15,17H2,1H3. The first-order valence-electron chi connectivity index (χ1n) is 10.4. The predicted molar refractivity (Wildman–Crippen MR) is 118 cm³/mol. The van der Waals surface area contributed by atoms with E-state index in [2.05, 4.69) is 5.10 Å². The van der Waals surface area contributed by atoms with Gasteiger partial charge < -0.3 is 14.5 Å². The zero-order valence-electron chi connectivity index (χ0n) is 17.8. The fourth-order valence-electron chi connectivity index (χ4n) is 3.61. The molecule has 3 aromatic rings. The van der Waals surface area contributed by atoms with Crippen molar-refractivity contribution in [2.45, 2.75) is 6.92 Å². The highest BCUT2D eigenvalue weighted by Crippen LogP contribution is 2.22. The van der Waals surface area contributed by atoms with Crippen LogP contribution in [0.4, 0.5) is 0 Å². The highest BCUT2D eigenvalue weighted by atomic mass is 16.5. The average molecular weight is 432 g/mol. The topological polar surface area (TPSA) is 84.7 Å². The van der Waals surface area contributed by atoms with Gasteiger partial charge in [0.2, 0.25) is 5.91 Å². The van der Waals surface area contributed by atoms with Gasteiger partial charge >= 0.3 is 5.97 Å². The van der Waals surface area contributed by atoms with Gasteiger partial charge in [-0.1, -0.05) is 48.5 Å². The molecule has 1 aliphatic rings. The molecule has 0 aliphatic carbocycles. The molecule has 0 radical (unpaired) electrons. The number of hydrogen-bond acceptors (Lipinski definition) is 5. The predicted octanol–water partition coefficient (Wildman–Crippen LogP) is 2.39. The SMILES string of the molecule is CC(=O)N1CCN(C(=O)COC(=O)c2cc(-c3ccccc3)nn2-c2ccccc2)CC1. The van der Waals surface area contributed by atoms with E-state index in [0.717, 1.165) is 5.56 Å². The maximum atomic E-state index is 12.9. The molecule has 8 nitrogen and oxygen atoms in total. The summed E-state index contributed by atoms with van der Waals surface area (Å²) in [6.07, 6.45) is 0. The quantitative estimate of drug-likeness (QED) is 0.578. The number of ether oxygens (including phenoxy) is 1. The van der Waals surface area contributed by atoms with Crippen molar-refractivity contribution in [3.63, 3.8) is 0 Å². The molecular weight excluding hydrogens is 408 g/mol. The van der Waals surface area contributed by atoms with Crippen LogP contribution in [0.25, 0.3) is 16.9 Å². The molecule has 0 unspecified atom stereocenters. The van der Waals surface area contributed by atoms with Gasteiger partial charge in [0.25, 0.3) is 5.91 Å². The van der Waals surface area contributed by atoms with Crippen molar-refractivity contribution in [1.29, 1.82) is 0 Å². The summed E-state index contributed by atoms with van der Waals surface area (Å²) in [7, 11) is 0. The van der Waals surface area contributed by atoms with Crippen molar-refractivity contribution in [2.75, 3.05) is 32.8 Å². The summed E-state index contributed by atoms with van der Waals surface area (Å²) in [6, 6.07) is 20.5. The molecule has 2 aromatic carbocycles. The Morgan fingerprint density at radius 2 is 1.47 bits per heavy atom. The van der Waals surface area contributed by atoms with Crippen molar-refractivity contribution in [3.8, 4) is 16.9 Å². The van der Waals surface area contributed by atoms with Crippen LogP contribution in [0.2, 0.25) is 0 Å². The summed E-state index contributed by atoms with van der Waals surface area (Å²) in [6.45, 7) is 2.97. The van der Waals surface area contributed by atoms with Gasteiger partial charge in [-0.25, -0.2) is 9.48 Å². The highest BCUT2D eigenvalue weighted by molar-refractivity contribution is 5.91. The maximum Gasteiger partial charge on any atom is 0.357 e. The molecule has 1 fully saturated rings. The van der Waals surface area contributed by atoms with Crippen molar-refractivity contribution >= 4 is 17.8 Å². The van der Waals surface area contributed by atoms with E-state index in [9.17, 15) is 14.4 Å². The molecule has 32 heavy (non-hydrogen) atoms. The number of hydrogen-bond donors (Lipinski definition) is 0. The molecule has 164 valence electrons. The zero-order valence-corrected chi connectivity index (χ0v) is 17.8. The van der Waals surface area contributed by atoms with Crippen LogP contribution < -0.4 is 0 Å². The van der Waals surface area contributed by atoms with Gasteiger partial charge in [-0.3, -0.25) is 9.59 Å². The number of amides is 2. The van der Waals surface area contributed by atoms with Crippen molar-refractivity contribution in [2.24, 2.45) is 0 Å². The lowest BCUT2D eigenvalue weighted by Gasteiger charge is -2.34. The van der Waals surface area contributed by atoms with Crippen molar-refractivity contribution in [1.82, 2.24) is 19.6 Å². The Kier molecular flexibility index (Phi) is 6.30. The number of piperazine rings is 1. The van der Waals surface area contributed by atoms with Crippen LogP contribution in [0, 0.1) is 0 Å². The lowest BCUT2D eigenvalue weighted by atomic mass is 10.1. The number of carbonyl (C=O) groups is 3. The molecule has 2 amide bonds. The first-order valence-corrected chi connectivity index (χ1v) is 10.4. The Balaban J connectivity index is 1.49. The molecule has 8 heteroatoms. The van der Waals surface area contributed by atoms with E-state index >= 15 is 0 Å². The molecule has 4 rings (SSSR count). The third kappa shape index (κ3) is 4.69. The third-order valence-corrected chi connectivity index (χ3v) is 5.39. The molecule has 0 saturated carbocycles. The van der Waals surface area contributed by atoms with Gasteiger partial charge in [-0.05, 0) is 18.2 Å². The second-order valence-corrected chi connectivity index (χ2v) is 7.49. The monoisotopic (exact) mass is 432 g/mol. The lowest BCUT2D eigenvalue weighted by Crippen LogP contribution is -2.51. The van der Waals surface area contributed by atoms with Gasteiger partial charge in [0.1, 0.15) is 0 Å². The van der Waals surface area contributed by atoms with E-state index in [-0.39, 0.29) is 24.1 Å². The minimum atomic E-state index is -0.626. The first-order chi connectivity index (χ1) is 15.5. The zero-order chi connectivity index (χ0) is 22.5. The average Bonchev–Trinajstić information content (AvgIpc) is 3.29. The Labute approximate surface area is 186 Å². The fourth-order valence-corrected chi connectivity index (χ4v) is 3.61. The summed E-state index contributed by atoms with van der Waals surface area (Å²) in [5, 5.41) is 4.60. The Morgan fingerprint density at radius 3 is 2.09 bits per heavy atom. The summed E-state index contributed by atoms with van der Waals surface area (Å²) < 4.78 is 6.89. The third-order valence-electron chi connectivity index (χ3n) is 5.39. The Hall–Kier alpha value is -3.94. The Morgan fingerprint density at radius 1 is 0.875 bits per heavy atom. The van der Waals surface area contributed by atoms with E-state index in [4.69, 9.17) is 4.74 Å². The Bertz CT molecular complexity index is 1100. The molecule has 2 heterocycles. The van der Waals surface area contributed by atoms with E-state index in [1.54, 1.807) is 15.9 Å². The minimum absolute atomic E-state index is 0.00748. The molecular formula is C24H24N4O4. The number of para-hydroxylation sites is 1. The van der Waals surface area contributed by atoms with E-state index in [1.165, 1.54) is 11.6 Å². The van der Waals surface area contributed by atoms with E-state index in [1.807, 2.05) is 60.7 Å². The summed E-state index contributed by atoms with van der Waals surface area (Å²) in [5.41, 5.74) is 2.46. The van der Waals surface area contributed by atoms with Gasteiger partial charge in [0.15, 0.2) is 12.3 Å². The number of aromatic nitrogens is 2. The van der Waals surface area contributed by atoms with Crippen LogP contribution in [0.5, 0.6) is 0 Å². The molecule has 1 aromatic heterocycles. The van der Waals surface area contributed by atoms with Crippen LogP contribution in [-0.2, 0) is 14.3 Å². The van der Waals surface area contributed by atoms with Crippen LogP contribution >= 0.6 is 0 Å². The van der Waals surface area contributed by atoms with Gasteiger partial charge in [-0.2, -0.15) is 5.10 Å². The minimum Gasteiger partial charge on any atom is -0.451 e. The van der Waals surface area contributed by atoms with Gasteiger partial charge in [0, 0.05) is 38.7 Å². The fraction of sp³-hybridized carbons (Fsp3) is 0.250. The second-order valence-electron chi connectivity index (χ2n) is 7.49. The normalized spacial score (nSPS) is 13.7. The maximum absolute atomic E-state index is 12.9. The number of carbonyl (C=O) groups excluding carboxylic acids is 3. The molecule has 0 bridgehead atoms. The van der Waals surface area contributed by atoms with Crippen molar-refractivity contribution < 1.29 is 19.1 Å². The van der Waals surface area contributed by atoms with Crippen LogP contribution in [-0.4, -0.2) is 70.1 Å². The van der Waals surface area contributed by atoms with E-state index in [0.29, 0.717) is 37.6 Å². The van der Waals surface area contributed by atoms with Gasteiger partial charge in [-0.15, -0.1) is 0 Å². The number of esters is 1. The molecule has 1 saturated heterocycles. The number of nitrogens with zero attached hydrogens (tertiary/aromatic N) is 4. The molecule has 0 atom stereocenters. The molecule has 0 N–H and O–H groups in total. The summed E-state index contributed by atoms with van der Waals surface area (Å²) in [5.74, 6) is -0.915. The van der Waals surface area contributed by atoms with Gasteiger partial charge in [0.05, 0.1) is 11.4 Å². The smallest absolute Gasteiger partial charge is 0.357 e. The highest BCUT2D eigenvalue weighted by Gasteiger charge is 2.25.